The summed E-state index contributed by atoms with van der Waals surface area (Å²) in [6, 6.07) is 15.4. The van der Waals surface area contributed by atoms with Crippen LogP contribution in [0.2, 0.25) is 5.02 Å². The molecular weight excluding hydrogens is 454 g/mol. The molecular formula is C22H18ClN3O5S. The molecule has 10 heteroatoms. The standard InChI is InChI=1S/C22H18ClN3O5S/c1-13-24-19-12-16(6-10-20(19)31-13)25-22(27)14-3-9-18(23)21(11-14)32(28,29)26-15-4-7-17(30-2)8-5-15/h3-12,26H,1-2H3,(H,25,27). The first kappa shape index (κ1) is 21.7. The normalized spacial score (nSPS) is 11.3. The third-order valence-corrected chi connectivity index (χ3v) is 6.44. The number of hydrogen-bond donors (Lipinski definition) is 2. The molecule has 0 aliphatic heterocycles. The molecule has 32 heavy (non-hydrogen) atoms. The number of rotatable bonds is 6. The predicted octanol–water partition coefficient (Wildman–Crippen LogP) is 4.85. The van der Waals surface area contributed by atoms with E-state index in [0.29, 0.717) is 34.1 Å². The molecule has 0 bridgehead atoms. The summed E-state index contributed by atoms with van der Waals surface area (Å²) in [6.45, 7) is 1.73. The van der Waals surface area contributed by atoms with Crippen molar-refractivity contribution in [2.24, 2.45) is 0 Å². The number of sulfonamides is 1. The molecule has 0 aliphatic rings. The summed E-state index contributed by atoms with van der Waals surface area (Å²) in [4.78, 5) is 16.8. The fourth-order valence-electron chi connectivity index (χ4n) is 3.04. The van der Waals surface area contributed by atoms with Crippen LogP contribution in [0.25, 0.3) is 11.1 Å². The van der Waals surface area contributed by atoms with E-state index in [1.165, 1.54) is 25.3 Å². The monoisotopic (exact) mass is 471 g/mol. The van der Waals surface area contributed by atoms with Crippen LogP contribution < -0.4 is 14.8 Å². The minimum absolute atomic E-state index is 0.0120. The highest BCUT2D eigenvalue weighted by molar-refractivity contribution is 7.92. The van der Waals surface area contributed by atoms with Crippen LogP contribution in [0.3, 0.4) is 0 Å². The zero-order valence-electron chi connectivity index (χ0n) is 17.0. The topological polar surface area (TPSA) is 111 Å². The maximum Gasteiger partial charge on any atom is 0.263 e. The number of halogens is 1. The zero-order valence-corrected chi connectivity index (χ0v) is 18.6. The van der Waals surface area contributed by atoms with Gasteiger partial charge in [-0.2, -0.15) is 0 Å². The van der Waals surface area contributed by atoms with Gasteiger partial charge in [0.05, 0.1) is 12.1 Å². The van der Waals surface area contributed by atoms with Gasteiger partial charge < -0.3 is 14.5 Å². The van der Waals surface area contributed by atoms with E-state index < -0.39 is 15.9 Å². The number of anilines is 2. The molecule has 3 aromatic carbocycles. The molecule has 0 radical (unpaired) electrons. The lowest BCUT2D eigenvalue weighted by molar-refractivity contribution is 0.102. The number of carbonyl (C=O) groups excluding carboxylic acids is 1. The van der Waals surface area contributed by atoms with E-state index in [0.717, 1.165) is 0 Å². The zero-order chi connectivity index (χ0) is 22.9. The van der Waals surface area contributed by atoms with E-state index in [4.69, 9.17) is 20.8 Å². The highest BCUT2D eigenvalue weighted by Crippen LogP contribution is 2.27. The maximum absolute atomic E-state index is 12.9. The molecule has 0 saturated heterocycles. The highest BCUT2D eigenvalue weighted by Gasteiger charge is 2.21. The lowest BCUT2D eigenvalue weighted by Crippen LogP contribution is -2.16. The fourth-order valence-corrected chi connectivity index (χ4v) is 4.63. The van der Waals surface area contributed by atoms with Gasteiger partial charge in [0.2, 0.25) is 0 Å². The van der Waals surface area contributed by atoms with E-state index in [1.807, 2.05) is 0 Å². The number of aryl methyl sites for hydroxylation is 1. The van der Waals surface area contributed by atoms with Crippen molar-refractivity contribution in [3.63, 3.8) is 0 Å². The number of amides is 1. The summed E-state index contributed by atoms with van der Waals surface area (Å²) in [6.07, 6.45) is 0. The minimum Gasteiger partial charge on any atom is -0.497 e. The van der Waals surface area contributed by atoms with Crippen molar-refractivity contribution in [2.45, 2.75) is 11.8 Å². The van der Waals surface area contributed by atoms with Crippen LogP contribution in [-0.2, 0) is 10.0 Å². The van der Waals surface area contributed by atoms with Crippen molar-refractivity contribution in [1.82, 2.24) is 4.98 Å². The molecule has 8 nitrogen and oxygen atoms in total. The second kappa shape index (κ2) is 8.52. The lowest BCUT2D eigenvalue weighted by atomic mass is 10.2. The number of methoxy groups -OCH3 is 1. The molecule has 0 unspecified atom stereocenters. The molecule has 4 aromatic rings. The van der Waals surface area contributed by atoms with Gasteiger partial charge in [-0.3, -0.25) is 9.52 Å². The Morgan fingerprint density at radius 2 is 1.75 bits per heavy atom. The number of ether oxygens (including phenoxy) is 1. The Kier molecular flexibility index (Phi) is 5.77. The quantitative estimate of drug-likeness (QED) is 0.416. The van der Waals surface area contributed by atoms with E-state index in [-0.39, 0.29) is 15.5 Å². The summed E-state index contributed by atoms with van der Waals surface area (Å²) in [5.41, 5.74) is 2.15. The number of benzene rings is 3. The molecule has 2 N–H and O–H groups in total. The first-order chi connectivity index (χ1) is 15.2. The Bertz CT molecular complexity index is 1420. The third kappa shape index (κ3) is 4.53. The van der Waals surface area contributed by atoms with Gasteiger partial charge in [0, 0.05) is 23.9 Å². The van der Waals surface area contributed by atoms with Gasteiger partial charge in [-0.25, -0.2) is 13.4 Å². The number of hydrogen-bond acceptors (Lipinski definition) is 6. The van der Waals surface area contributed by atoms with Crippen LogP contribution in [0.5, 0.6) is 5.75 Å². The maximum atomic E-state index is 12.9. The summed E-state index contributed by atoms with van der Waals surface area (Å²) in [5.74, 6) is 0.603. The SMILES string of the molecule is COc1ccc(NS(=O)(=O)c2cc(C(=O)Nc3ccc4oc(C)nc4c3)ccc2Cl)cc1. The molecule has 4 rings (SSSR count). The van der Waals surface area contributed by atoms with Crippen LogP contribution in [0.4, 0.5) is 11.4 Å². The Balaban J connectivity index is 1.58. The third-order valence-electron chi connectivity index (χ3n) is 4.58. The van der Waals surface area contributed by atoms with Gasteiger partial charge in [-0.15, -0.1) is 0 Å². The van der Waals surface area contributed by atoms with Gasteiger partial charge in [0.15, 0.2) is 11.5 Å². The van der Waals surface area contributed by atoms with Crippen molar-refractivity contribution in [2.75, 3.05) is 17.1 Å². The van der Waals surface area contributed by atoms with Gasteiger partial charge in [0.25, 0.3) is 15.9 Å². The molecule has 0 saturated carbocycles. The van der Waals surface area contributed by atoms with Crippen LogP contribution >= 0.6 is 11.6 Å². The van der Waals surface area contributed by atoms with Crippen LogP contribution in [0.1, 0.15) is 16.2 Å². The Morgan fingerprint density at radius 3 is 2.47 bits per heavy atom. The number of oxazole rings is 1. The predicted molar refractivity (Wildman–Crippen MR) is 122 cm³/mol. The molecule has 0 atom stereocenters. The molecule has 0 aliphatic carbocycles. The Labute approximate surface area is 189 Å². The van der Waals surface area contributed by atoms with Crippen molar-refractivity contribution >= 4 is 50.0 Å². The Morgan fingerprint density at radius 1 is 1.03 bits per heavy atom. The number of nitrogens with one attached hydrogen (secondary N) is 2. The molecule has 0 spiro atoms. The first-order valence-corrected chi connectivity index (χ1v) is 11.3. The summed E-state index contributed by atoms with van der Waals surface area (Å²) >= 11 is 6.14. The molecule has 0 fully saturated rings. The van der Waals surface area contributed by atoms with Crippen molar-refractivity contribution < 1.29 is 22.4 Å². The smallest absolute Gasteiger partial charge is 0.263 e. The van der Waals surface area contributed by atoms with E-state index >= 15 is 0 Å². The van der Waals surface area contributed by atoms with E-state index in [9.17, 15) is 13.2 Å². The van der Waals surface area contributed by atoms with Crippen LogP contribution in [-0.4, -0.2) is 26.4 Å². The Hall–Kier alpha value is -3.56. The van der Waals surface area contributed by atoms with Crippen molar-refractivity contribution in [3.8, 4) is 5.75 Å². The average Bonchev–Trinajstić information content (AvgIpc) is 3.13. The summed E-state index contributed by atoms with van der Waals surface area (Å²) < 4.78 is 38.7. The second-order valence-corrected chi connectivity index (χ2v) is 8.91. The summed E-state index contributed by atoms with van der Waals surface area (Å²) in [5, 5.41) is 2.72. The van der Waals surface area contributed by atoms with E-state index in [2.05, 4.69) is 15.0 Å². The number of carbonyl (C=O) groups is 1. The molecule has 1 heterocycles. The van der Waals surface area contributed by atoms with Crippen LogP contribution in [0.15, 0.2) is 70.0 Å². The summed E-state index contributed by atoms with van der Waals surface area (Å²) in [7, 11) is -2.53. The number of fused-ring (bicyclic) bond motifs is 1. The van der Waals surface area contributed by atoms with Gasteiger partial charge in [0.1, 0.15) is 16.2 Å². The van der Waals surface area contributed by atoms with Gasteiger partial charge in [-0.05, 0) is 60.7 Å². The first-order valence-electron chi connectivity index (χ1n) is 9.40. The van der Waals surface area contributed by atoms with Gasteiger partial charge >= 0.3 is 0 Å². The number of aromatic nitrogens is 1. The number of nitrogens with zero attached hydrogens (tertiary/aromatic N) is 1. The average molecular weight is 472 g/mol. The van der Waals surface area contributed by atoms with Gasteiger partial charge in [-0.1, -0.05) is 11.6 Å². The fraction of sp³-hybridized carbons (Fsp3) is 0.0909. The molecule has 164 valence electrons. The van der Waals surface area contributed by atoms with E-state index in [1.54, 1.807) is 49.4 Å². The van der Waals surface area contributed by atoms with Crippen LogP contribution in [0, 0.1) is 6.92 Å². The van der Waals surface area contributed by atoms with Crippen molar-refractivity contribution in [1.29, 1.82) is 0 Å². The molecule has 1 amide bonds. The largest absolute Gasteiger partial charge is 0.497 e. The second-order valence-electron chi connectivity index (χ2n) is 6.85. The lowest BCUT2D eigenvalue weighted by Gasteiger charge is -2.12. The highest BCUT2D eigenvalue weighted by atomic mass is 35.5. The minimum atomic E-state index is -4.04. The van der Waals surface area contributed by atoms with Crippen molar-refractivity contribution in [3.05, 3.63) is 77.1 Å². The molecule has 1 aromatic heterocycles.